The van der Waals surface area contributed by atoms with Gasteiger partial charge in [0, 0.05) is 37.1 Å². The van der Waals surface area contributed by atoms with Crippen LogP contribution in [0.15, 0.2) is 4.99 Å². The number of nitrogens with zero attached hydrogens (tertiary/aromatic N) is 4. The van der Waals surface area contributed by atoms with Crippen LogP contribution in [0.3, 0.4) is 0 Å². The van der Waals surface area contributed by atoms with Crippen molar-refractivity contribution in [3.63, 3.8) is 0 Å². The Kier molecular flexibility index (Phi) is 7.35. The molecule has 0 bridgehead atoms. The first-order chi connectivity index (χ1) is 14.3. The van der Waals surface area contributed by atoms with E-state index in [4.69, 9.17) is 11.5 Å². The minimum absolute atomic E-state index is 0.0492. The zero-order valence-electron chi connectivity index (χ0n) is 17.2. The van der Waals surface area contributed by atoms with Crippen LogP contribution in [0.5, 0.6) is 0 Å². The Morgan fingerprint density at radius 3 is 2.80 bits per heavy atom. The van der Waals surface area contributed by atoms with E-state index in [2.05, 4.69) is 11.9 Å². The topological polar surface area (TPSA) is 142 Å². The van der Waals surface area contributed by atoms with Crippen molar-refractivity contribution in [3.05, 3.63) is 0 Å². The third kappa shape index (κ3) is 4.77. The molecule has 4 atom stereocenters. The molecule has 166 valence electrons. The van der Waals surface area contributed by atoms with Crippen molar-refractivity contribution < 1.29 is 19.2 Å². The maximum absolute atomic E-state index is 13.1. The molecule has 3 rings (SSSR count). The summed E-state index contributed by atoms with van der Waals surface area (Å²) in [5.74, 6) is -0.631. The van der Waals surface area contributed by atoms with Crippen molar-refractivity contribution in [1.29, 1.82) is 0 Å². The van der Waals surface area contributed by atoms with E-state index in [9.17, 15) is 19.2 Å². The van der Waals surface area contributed by atoms with Gasteiger partial charge in [0.05, 0.1) is 6.04 Å². The van der Waals surface area contributed by atoms with Crippen LogP contribution in [0, 0.1) is 0 Å². The first kappa shape index (κ1) is 22.5. The van der Waals surface area contributed by atoms with Gasteiger partial charge in [-0.15, -0.1) is 0 Å². The molecule has 0 aromatic carbocycles. The fourth-order valence-corrected chi connectivity index (χ4v) is 5.58. The first-order valence-electron chi connectivity index (χ1n) is 10.5. The summed E-state index contributed by atoms with van der Waals surface area (Å²) >= 11 is 1.86. The van der Waals surface area contributed by atoms with Crippen LogP contribution in [-0.4, -0.2) is 93.6 Å². The Morgan fingerprint density at radius 1 is 1.33 bits per heavy atom. The Morgan fingerprint density at radius 2 is 2.10 bits per heavy atom. The lowest BCUT2D eigenvalue weighted by Crippen LogP contribution is -2.55. The lowest BCUT2D eigenvalue weighted by molar-refractivity contribution is -0.138. The monoisotopic (exact) mass is 438 g/mol. The minimum Gasteiger partial charge on any atom is -0.368 e. The number of carbonyl (C=O) groups excluding carboxylic acids is 4. The molecule has 5 amide bonds. The minimum atomic E-state index is -1.03. The summed E-state index contributed by atoms with van der Waals surface area (Å²) < 4.78 is 0. The molecule has 0 aromatic rings. The lowest BCUT2D eigenvalue weighted by atomic mass is 10.0. The highest BCUT2D eigenvalue weighted by atomic mass is 32.2. The van der Waals surface area contributed by atoms with Crippen molar-refractivity contribution in [2.75, 3.05) is 25.4 Å². The lowest BCUT2D eigenvalue weighted by Gasteiger charge is -2.36. The third-order valence-electron chi connectivity index (χ3n) is 5.83. The fraction of sp³-hybridized carbons (Fsp3) is 0.737. The molecule has 2 saturated heterocycles. The predicted octanol–water partition coefficient (Wildman–Crippen LogP) is -0.243. The zero-order chi connectivity index (χ0) is 21.8. The first-order valence-corrected chi connectivity index (χ1v) is 11.5. The highest BCUT2D eigenvalue weighted by molar-refractivity contribution is 8.00. The molecule has 2 unspecified atom stereocenters. The average Bonchev–Trinajstić information content (AvgIpc) is 3.35. The quantitative estimate of drug-likeness (QED) is 0.586. The normalized spacial score (nSPS) is 27.6. The molecule has 4 N–H and O–H groups in total. The molecule has 2 fully saturated rings. The third-order valence-corrected chi connectivity index (χ3v) is 7.10. The number of urea groups is 1. The van der Waals surface area contributed by atoms with Gasteiger partial charge in [0.1, 0.15) is 18.4 Å². The van der Waals surface area contributed by atoms with Gasteiger partial charge in [0.2, 0.25) is 11.8 Å². The maximum atomic E-state index is 13.1. The molecule has 0 radical (unpaired) electrons. The zero-order valence-corrected chi connectivity index (χ0v) is 18.1. The van der Waals surface area contributed by atoms with Crippen LogP contribution in [0.25, 0.3) is 0 Å². The molecule has 3 aliphatic heterocycles. The number of nitrogens with two attached hydrogens (primary N) is 2. The molecule has 30 heavy (non-hydrogen) atoms. The van der Waals surface area contributed by atoms with Gasteiger partial charge in [-0.25, -0.2) is 9.79 Å². The summed E-state index contributed by atoms with van der Waals surface area (Å²) in [6.07, 6.45) is 4.45. The van der Waals surface area contributed by atoms with E-state index in [1.807, 2.05) is 11.8 Å². The summed E-state index contributed by atoms with van der Waals surface area (Å²) in [4.78, 5) is 57.9. The number of aliphatic imine (C=N–C) groups is 1. The predicted molar refractivity (Wildman–Crippen MR) is 114 cm³/mol. The molecule has 0 spiro atoms. The van der Waals surface area contributed by atoms with Crippen LogP contribution < -0.4 is 11.5 Å². The fourth-order valence-electron chi connectivity index (χ4n) is 4.24. The van der Waals surface area contributed by atoms with E-state index in [1.54, 1.807) is 4.90 Å². The Labute approximate surface area is 180 Å². The van der Waals surface area contributed by atoms with Gasteiger partial charge in [-0.2, -0.15) is 11.8 Å². The number of likely N-dealkylation sites (tertiary alicyclic amines) is 1. The van der Waals surface area contributed by atoms with Crippen LogP contribution in [0.4, 0.5) is 4.79 Å². The molecule has 0 aromatic heterocycles. The second kappa shape index (κ2) is 9.78. The number of hydrogen-bond acceptors (Lipinski definition) is 6. The van der Waals surface area contributed by atoms with Crippen molar-refractivity contribution in [2.24, 2.45) is 16.5 Å². The van der Waals surface area contributed by atoms with E-state index >= 15 is 0 Å². The van der Waals surface area contributed by atoms with Gasteiger partial charge >= 0.3 is 6.03 Å². The number of thioether (sulfide) groups is 1. The van der Waals surface area contributed by atoms with Crippen LogP contribution >= 0.6 is 11.8 Å². The Bertz CT molecular complexity index is 730. The van der Waals surface area contributed by atoms with E-state index in [-0.39, 0.29) is 12.5 Å². The van der Waals surface area contributed by atoms with Gasteiger partial charge in [-0.1, -0.05) is 13.3 Å². The van der Waals surface area contributed by atoms with Crippen LogP contribution in [-0.2, 0) is 14.4 Å². The molecular formula is C19H30N6O4S. The molecule has 3 heterocycles. The van der Waals surface area contributed by atoms with Gasteiger partial charge in [-0.3, -0.25) is 19.3 Å². The summed E-state index contributed by atoms with van der Waals surface area (Å²) in [7, 11) is 0. The SMILES string of the molecule is CCCC1CN(C(=O)N2C=NC(=O)C2C[C@H](N)C(=O)N2CCC[C@H]2C(N)=O)CCS1. The standard InChI is InChI=1S/C19H30N6O4S/c1-2-4-12-10-23(7-8-30-12)19(29)25-11-22-17(27)15(25)9-13(20)18(28)24-6-3-5-14(24)16(21)26/h11-15H,2-10,20H2,1H3,(H2,21,26)/t12?,13-,14-,15?/m0/s1. The smallest absolute Gasteiger partial charge is 0.326 e. The van der Waals surface area contributed by atoms with Gasteiger partial charge in [-0.05, 0) is 19.3 Å². The summed E-state index contributed by atoms with van der Waals surface area (Å²) in [5.41, 5.74) is 11.5. The van der Waals surface area contributed by atoms with Crippen LogP contribution in [0.2, 0.25) is 0 Å². The number of amides is 5. The maximum Gasteiger partial charge on any atom is 0.326 e. The second-order valence-corrected chi connectivity index (χ2v) is 9.36. The number of hydrogen-bond donors (Lipinski definition) is 2. The Balaban J connectivity index is 1.64. The summed E-state index contributed by atoms with van der Waals surface area (Å²) in [6, 6.07) is -2.89. The van der Waals surface area contributed by atoms with Crippen molar-refractivity contribution in [3.8, 4) is 0 Å². The average molecular weight is 439 g/mol. The summed E-state index contributed by atoms with van der Waals surface area (Å²) in [6.45, 7) is 3.75. The van der Waals surface area contributed by atoms with Gasteiger partial charge in [0.25, 0.3) is 5.91 Å². The van der Waals surface area contributed by atoms with Gasteiger partial charge < -0.3 is 21.3 Å². The van der Waals surface area contributed by atoms with E-state index in [0.717, 1.165) is 18.6 Å². The number of rotatable bonds is 6. The molecule has 0 aliphatic carbocycles. The second-order valence-electron chi connectivity index (χ2n) is 7.95. The number of primary amides is 1. The van der Waals surface area contributed by atoms with E-state index in [1.165, 1.54) is 16.1 Å². The highest BCUT2D eigenvalue weighted by Crippen LogP contribution is 2.25. The van der Waals surface area contributed by atoms with Gasteiger partial charge in [0.15, 0.2) is 0 Å². The number of carbonyl (C=O) groups is 4. The molecule has 0 saturated carbocycles. The molecule has 3 aliphatic rings. The summed E-state index contributed by atoms with van der Waals surface area (Å²) in [5, 5.41) is 0.381. The molecule has 10 nitrogen and oxygen atoms in total. The Hall–Kier alpha value is -2.14. The van der Waals surface area contributed by atoms with Crippen LogP contribution in [0.1, 0.15) is 39.0 Å². The molecule has 11 heteroatoms. The van der Waals surface area contributed by atoms with E-state index in [0.29, 0.717) is 37.7 Å². The van der Waals surface area contributed by atoms with Crippen molar-refractivity contribution in [1.82, 2.24) is 14.7 Å². The molecular weight excluding hydrogens is 408 g/mol. The van der Waals surface area contributed by atoms with Crippen molar-refractivity contribution >= 4 is 41.9 Å². The van der Waals surface area contributed by atoms with Crippen molar-refractivity contribution in [2.45, 2.75) is 62.4 Å². The van der Waals surface area contributed by atoms with E-state index < -0.39 is 35.8 Å². The highest BCUT2D eigenvalue weighted by Gasteiger charge is 2.41. The largest absolute Gasteiger partial charge is 0.368 e.